The van der Waals surface area contributed by atoms with Gasteiger partial charge in [-0.2, -0.15) is 4.98 Å². The summed E-state index contributed by atoms with van der Waals surface area (Å²) in [6.45, 7) is 1.80. The van der Waals surface area contributed by atoms with E-state index in [4.69, 9.17) is 4.52 Å². The summed E-state index contributed by atoms with van der Waals surface area (Å²) in [6.07, 6.45) is 0. The molecule has 12 heavy (non-hydrogen) atoms. The van der Waals surface area contributed by atoms with Crippen LogP contribution in [0, 0.1) is 6.92 Å². The van der Waals surface area contributed by atoms with Crippen molar-refractivity contribution in [1.29, 1.82) is 0 Å². The van der Waals surface area contributed by atoms with Crippen molar-refractivity contribution >= 4 is 0 Å². The maximum absolute atomic E-state index is 4.99. The molecule has 0 amide bonds. The predicted molar refractivity (Wildman–Crippen MR) is 44.5 cm³/mol. The molecule has 0 spiro atoms. The highest BCUT2D eigenvalue weighted by atomic mass is 16.5. The smallest absolute Gasteiger partial charge is 0.257 e. The van der Waals surface area contributed by atoms with Gasteiger partial charge in [0.15, 0.2) is 5.82 Å². The Labute approximate surface area is 70.0 Å². The maximum Gasteiger partial charge on any atom is 0.257 e. The van der Waals surface area contributed by atoms with Crippen molar-refractivity contribution in [3.8, 4) is 11.5 Å². The van der Waals surface area contributed by atoms with Crippen molar-refractivity contribution in [2.75, 3.05) is 0 Å². The second-order valence-electron chi connectivity index (χ2n) is 2.51. The Kier molecular flexibility index (Phi) is 1.63. The molecule has 0 atom stereocenters. The number of rotatable bonds is 1. The number of hydrogen-bond donors (Lipinski definition) is 0. The summed E-state index contributed by atoms with van der Waals surface area (Å²) < 4.78 is 4.99. The molecule has 1 heterocycles. The Hall–Kier alpha value is -1.64. The third-order valence-corrected chi connectivity index (χ3v) is 1.55. The molecule has 0 fully saturated rings. The van der Waals surface area contributed by atoms with E-state index in [-0.39, 0.29) is 0 Å². The highest BCUT2D eigenvalue weighted by Crippen LogP contribution is 2.15. The molecule has 60 valence electrons. The van der Waals surface area contributed by atoms with Gasteiger partial charge < -0.3 is 4.52 Å². The number of benzene rings is 1. The summed E-state index contributed by atoms with van der Waals surface area (Å²) >= 11 is 0. The van der Waals surface area contributed by atoms with Crippen LogP contribution in [-0.2, 0) is 0 Å². The molecule has 0 N–H and O–H groups in total. The number of nitrogens with zero attached hydrogens (tertiary/aromatic N) is 2. The molecule has 0 unspecified atom stereocenters. The quantitative estimate of drug-likeness (QED) is 0.640. The summed E-state index contributed by atoms with van der Waals surface area (Å²) in [5, 5.41) is 3.71. The van der Waals surface area contributed by atoms with Crippen LogP contribution in [0.5, 0.6) is 0 Å². The van der Waals surface area contributed by atoms with Gasteiger partial charge in [-0.15, -0.1) is 0 Å². The van der Waals surface area contributed by atoms with E-state index < -0.39 is 0 Å². The van der Waals surface area contributed by atoms with E-state index >= 15 is 0 Å². The number of hydrogen-bond acceptors (Lipinski definition) is 3. The Morgan fingerprint density at radius 2 is 1.92 bits per heavy atom. The summed E-state index contributed by atoms with van der Waals surface area (Å²) in [4.78, 5) is 4.10. The normalized spacial score (nSPS) is 10.1. The minimum absolute atomic E-state index is 0.577. The van der Waals surface area contributed by atoms with Crippen molar-refractivity contribution in [3.05, 3.63) is 36.2 Å². The summed E-state index contributed by atoms with van der Waals surface area (Å²) in [5.74, 6) is 1.24. The first kappa shape index (κ1) is 7.03. The molecule has 0 bridgehead atoms. The fourth-order valence-electron chi connectivity index (χ4n) is 0.995. The van der Waals surface area contributed by atoms with Crippen LogP contribution in [0.15, 0.2) is 34.9 Å². The van der Waals surface area contributed by atoms with Crippen LogP contribution in [0.1, 0.15) is 5.82 Å². The highest BCUT2D eigenvalue weighted by molar-refractivity contribution is 5.51. The van der Waals surface area contributed by atoms with Crippen molar-refractivity contribution in [2.24, 2.45) is 0 Å². The van der Waals surface area contributed by atoms with Crippen LogP contribution in [0.4, 0.5) is 0 Å². The lowest BCUT2D eigenvalue weighted by Crippen LogP contribution is -1.76. The molecule has 1 aromatic heterocycles. The first-order valence-electron chi connectivity index (χ1n) is 3.72. The average Bonchev–Trinajstić information content (AvgIpc) is 2.54. The fourth-order valence-corrected chi connectivity index (χ4v) is 0.995. The molecule has 0 radical (unpaired) electrons. The molecule has 0 aliphatic carbocycles. The van der Waals surface area contributed by atoms with E-state index in [9.17, 15) is 0 Å². The van der Waals surface area contributed by atoms with Crippen LogP contribution in [0.25, 0.3) is 11.5 Å². The molecule has 0 aliphatic heterocycles. The maximum atomic E-state index is 4.99. The molecule has 0 saturated heterocycles. The predicted octanol–water partition coefficient (Wildman–Crippen LogP) is 2.05. The van der Waals surface area contributed by atoms with Crippen LogP contribution in [0.3, 0.4) is 0 Å². The molecular formula is C9H8N2O. The zero-order valence-electron chi connectivity index (χ0n) is 6.69. The first-order valence-corrected chi connectivity index (χ1v) is 3.72. The first-order chi connectivity index (χ1) is 5.86. The van der Waals surface area contributed by atoms with Crippen molar-refractivity contribution < 1.29 is 4.52 Å². The van der Waals surface area contributed by atoms with Gasteiger partial charge in [-0.3, -0.25) is 0 Å². The van der Waals surface area contributed by atoms with Crippen LogP contribution in [-0.4, -0.2) is 10.1 Å². The Balaban J connectivity index is 2.45. The lowest BCUT2D eigenvalue weighted by molar-refractivity contribution is 0.425. The number of aromatic nitrogens is 2. The van der Waals surface area contributed by atoms with E-state index in [2.05, 4.69) is 10.1 Å². The minimum Gasteiger partial charge on any atom is -0.334 e. The molecule has 3 heteroatoms. The second kappa shape index (κ2) is 2.77. The van der Waals surface area contributed by atoms with Gasteiger partial charge in [0.1, 0.15) is 0 Å². The third-order valence-electron chi connectivity index (χ3n) is 1.55. The monoisotopic (exact) mass is 160 g/mol. The van der Waals surface area contributed by atoms with Gasteiger partial charge in [0.05, 0.1) is 0 Å². The summed E-state index contributed by atoms with van der Waals surface area (Å²) in [6, 6.07) is 9.70. The molecule has 1 aromatic carbocycles. The number of aryl methyl sites for hydroxylation is 1. The Bertz CT molecular complexity index is 367. The topological polar surface area (TPSA) is 38.9 Å². The van der Waals surface area contributed by atoms with E-state index in [0.717, 1.165) is 5.56 Å². The van der Waals surface area contributed by atoms with E-state index in [1.165, 1.54) is 0 Å². The van der Waals surface area contributed by atoms with Gasteiger partial charge in [0.25, 0.3) is 5.89 Å². The molecule has 0 saturated carbocycles. The average molecular weight is 160 g/mol. The Morgan fingerprint density at radius 3 is 2.50 bits per heavy atom. The molecule has 0 aliphatic rings. The van der Waals surface area contributed by atoms with Gasteiger partial charge in [-0.05, 0) is 19.1 Å². The highest BCUT2D eigenvalue weighted by Gasteiger charge is 2.03. The zero-order valence-corrected chi connectivity index (χ0v) is 6.69. The van der Waals surface area contributed by atoms with Gasteiger partial charge in [0, 0.05) is 5.56 Å². The second-order valence-corrected chi connectivity index (χ2v) is 2.51. The van der Waals surface area contributed by atoms with E-state index in [0.29, 0.717) is 11.7 Å². The van der Waals surface area contributed by atoms with Crippen LogP contribution in [0.2, 0.25) is 0 Å². The van der Waals surface area contributed by atoms with Gasteiger partial charge in [-0.25, -0.2) is 0 Å². The summed E-state index contributed by atoms with van der Waals surface area (Å²) in [5.41, 5.74) is 0.957. The van der Waals surface area contributed by atoms with Gasteiger partial charge >= 0.3 is 0 Å². The molecule has 2 aromatic rings. The van der Waals surface area contributed by atoms with Crippen molar-refractivity contribution in [2.45, 2.75) is 6.92 Å². The van der Waals surface area contributed by atoms with Crippen molar-refractivity contribution in [1.82, 2.24) is 10.1 Å². The largest absolute Gasteiger partial charge is 0.334 e. The lowest BCUT2D eigenvalue weighted by atomic mass is 10.2. The Morgan fingerprint density at radius 1 is 1.17 bits per heavy atom. The van der Waals surface area contributed by atoms with Crippen molar-refractivity contribution in [3.63, 3.8) is 0 Å². The fraction of sp³-hybridized carbons (Fsp3) is 0.111. The van der Waals surface area contributed by atoms with E-state index in [1.54, 1.807) is 6.92 Å². The standard InChI is InChI=1S/C9H8N2O/c1-7-10-9(12-11-7)8-5-3-2-4-6-8/h2-6H,1H3. The molecular weight excluding hydrogens is 152 g/mol. The zero-order chi connectivity index (χ0) is 8.39. The van der Waals surface area contributed by atoms with E-state index in [1.807, 2.05) is 30.3 Å². The summed E-state index contributed by atoms with van der Waals surface area (Å²) in [7, 11) is 0. The molecule has 2 rings (SSSR count). The van der Waals surface area contributed by atoms with Gasteiger partial charge in [0.2, 0.25) is 0 Å². The molecule has 3 nitrogen and oxygen atoms in total. The third kappa shape index (κ3) is 1.21. The van der Waals surface area contributed by atoms with Crippen LogP contribution >= 0.6 is 0 Å². The van der Waals surface area contributed by atoms with Crippen LogP contribution < -0.4 is 0 Å². The SMILES string of the molecule is Cc1noc(-c2ccccc2)n1. The lowest BCUT2D eigenvalue weighted by Gasteiger charge is -1.89. The van der Waals surface area contributed by atoms with Gasteiger partial charge in [-0.1, -0.05) is 23.4 Å². The minimum atomic E-state index is 0.577.